The van der Waals surface area contributed by atoms with E-state index in [0.29, 0.717) is 24.9 Å². The van der Waals surface area contributed by atoms with Gasteiger partial charge in [-0.25, -0.2) is 9.97 Å². The summed E-state index contributed by atoms with van der Waals surface area (Å²) in [6.45, 7) is 14.0. The molecule has 0 bridgehead atoms. The predicted octanol–water partition coefficient (Wildman–Crippen LogP) is 3.22. The van der Waals surface area contributed by atoms with Gasteiger partial charge in [-0.05, 0) is 32.6 Å². The molecule has 5 nitrogen and oxygen atoms in total. The Morgan fingerprint density at radius 1 is 1.20 bits per heavy atom. The predicted molar refractivity (Wildman–Crippen MR) is 83.5 cm³/mol. The van der Waals surface area contributed by atoms with Crippen LogP contribution in [0.4, 0.5) is 11.6 Å². The van der Waals surface area contributed by atoms with Gasteiger partial charge in [0.05, 0.1) is 0 Å². The van der Waals surface area contributed by atoms with Gasteiger partial charge in [0, 0.05) is 18.2 Å². The van der Waals surface area contributed by atoms with E-state index in [4.69, 9.17) is 10.5 Å². The van der Waals surface area contributed by atoms with Gasteiger partial charge in [0.2, 0.25) is 0 Å². The Hall–Kier alpha value is -1.36. The summed E-state index contributed by atoms with van der Waals surface area (Å²) >= 11 is 0. The van der Waals surface area contributed by atoms with Crippen LogP contribution in [0.2, 0.25) is 0 Å². The Balaban J connectivity index is 2.83. The minimum Gasteiger partial charge on any atom is -0.384 e. The number of ether oxygens (including phenoxy) is 1. The summed E-state index contributed by atoms with van der Waals surface area (Å²) in [6, 6.07) is 1.76. The zero-order chi connectivity index (χ0) is 15.4. The van der Waals surface area contributed by atoms with E-state index < -0.39 is 0 Å². The molecule has 0 aliphatic rings. The molecule has 1 aromatic heterocycles. The number of rotatable bonds is 6. The van der Waals surface area contributed by atoms with Crippen molar-refractivity contribution in [2.24, 2.45) is 5.41 Å². The monoisotopic (exact) mass is 280 g/mol. The number of nitrogen functional groups attached to an aromatic ring is 1. The average molecular weight is 280 g/mol. The molecule has 0 aromatic carbocycles. The summed E-state index contributed by atoms with van der Waals surface area (Å²) in [7, 11) is 0. The molecule has 0 spiro atoms. The number of nitrogens with zero attached hydrogens (tertiary/aromatic N) is 2. The molecule has 114 valence electrons. The third-order valence-corrected chi connectivity index (χ3v) is 2.67. The number of hydrogen-bond acceptors (Lipinski definition) is 5. The van der Waals surface area contributed by atoms with Crippen LogP contribution in [0.15, 0.2) is 6.07 Å². The van der Waals surface area contributed by atoms with E-state index in [2.05, 4.69) is 49.9 Å². The molecule has 0 saturated carbocycles. The highest BCUT2D eigenvalue weighted by molar-refractivity contribution is 5.46. The zero-order valence-corrected chi connectivity index (χ0v) is 13.6. The van der Waals surface area contributed by atoms with Crippen LogP contribution in [0.1, 0.15) is 53.8 Å². The highest BCUT2D eigenvalue weighted by atomic mass is 16.5. The maximum Gasteiger partial charge on any atom is 0.158 e. The lowest BCUT2D eigenvalue weighted by atomic mass is 9.82. The summed E-state index contributed by atoms with van der Waals surface area (Å²) in [5, 5.41) is 3.45. The van der Waals surface area contributed by atoms with Gasteiger partial charge in [-0.3, -0.25) is 0 Å². The molecular weight excluding hydrogens is 252 g/mol. The molecule has 0 saturated heterocycles. The van der Waals surface area contributed by atoms with Crippen molar-refractivity contribution in [2.75, 3.05) is 17.7 Å². The molecule has 3 N–H and O–H groups in total. The van der Waals surface area contributed by atoms with E-state index in [1.165, 1.54) is 0 Å². The SMILES string of the molecule is CCOCc1nc(N)cc(NC(C)(C)CC(C)(C)C)n1. The third kappa shape index (κ3) is 6.19. The van der Waals surface area contributed by atoms with E-state index in [1.807, 2.05) is 6.92 Å². The molecule has 0 unspecified atom stereocenters. The fraction of sp³-hybridized carbons (Fsp3) is 0.733. The van der Waals surface area contributed by atoms with Crippen molar-refractivity contribution >= 4 is 11.6 Å². The first-order chi connectivity index (χ1) is 9.11. The minimum absolute atomic E-state index is 0.0675. The van der Waals surface area contributed by atoms with Crippen LogP contribution in [0, 0.1) is 5.41 Å². The van der Waals surface area contributed by atoms with Gasteiger partial charge in [-0.2, -0.15) is 0 Å². The van der Waals surface area contributed by atoms with Crippen LogP contribution in [-0.2, 0) is 11.3 Å². The second-order valence-electron chi connectivity index (χ2n) is 6.98. The van der Waals surface area contributed by atoms with Crippen molar-refractivity contribution in [1.82, 2.24) is 9.97 Å². The first kappa shape index (κ1) is 16.7. The molecule has 1 heterocycles. The molecule has 0 fully saturated rings. The number of anilines is 2. The summed E-state index contributed by atoms with van der Waals surface area (Å²) < 4.78 is 5.33. The topological polar surface area (TPSA) is 73.1 Å². The number of nitrogens with one attached hydrogen (secondary N) is 1. The van der Waals surface area contributed by atoms with Gasteiger partial charge in [-0.15, -0.1) is 0 Å². The molecule has 0 aliphatic heterocycles. The minimum atomic E-state index is -0.0675. The van der Waals surface area contributed by atoms with Crippen molar-refractivity contribution in [3.8, 4) is 0 Å². The molecule has 0 amide bonds. The number of aromatic nitrogens is 2. The summed E-state index contributed by atoms with van der Waals surface area (Å²) in [5.74, 6) is 1.83. The summed E-state index contributed by atoms with van der Waals surface area (Å²) in [6.07, 6.45) is 1.02. The highest BCUT2D eigenvalue weighted by Gasteiger charge is 2.25. The van der Waals surface area contributed by atoms with Crippen LogP contribution in [0.3, 0.4) is 0 Å². The lowest BCUT2D eigenvalue weighted by Gasteiger charge is -2.33. The van der Waals surface area contributed by atoms with E-state index in [0.717, 1.165) is 12.2 Å². The van der Waals surface area contributed by atoms with E-state index in [-0.39, 0.29) is 11.0 Å². The summed E-state index contributed by atoms with van der Waals surface area (Å²) in [5.41, 5.74) is 6.00. The van der Waals surface area contributed by atoms with Gasteiger partial charge in [0.1, 0.15) is 18.2 Å². The smallest absolute Gasteiger partial charge is 0.158 e. The Labute approximate surface area is 122 Å². The van der Waals surface area contributed by atoms with E-state index >= 15 is 0 Å². The molecule has 1 aromatic rings. The van der Waals surface area contributed by atoms with Crippen LogP contribution in [0.25, 0.3) is 0 Å². The van der Waals surface area contributed by atoms with E-state index in [1.54, 1.807) is 6.07 Å². The van der Waals surface area contributed by atoms with Gasteiger partial charge in [0.25, 0.3) is 0 Å². The van der Waals surface area contributed by atoms with Gasteiger partial charge in [0.15, 0.2) is 5.82 Å². The van der Waals surface area contributed by atoms with Crippen molar-refractivity contribution in [3.63, 3.8) is 0 Å². The van der Waals surface area contributed by atoms with Crippen LogP contribution >= 0.6 is 0 Å². The second kappa shape index (κ2) is 6.39. The second-order valence-corrected chi connectivity index (χ2v) is 6.98. The highest BCUT2D eigenvalue weighted by Crippen LogP contribution is 2.29. The maximum absolute atomic E-state index is 5.83. The largest absolute Gasteiger partial charge is 0.384 e. The van der Waals surface area contributed by atoms with Crippen LogP contribution in [0.5, 0.6) is 0 Å². The van der Waals surface area contributed by atoms with E-state index in [9.17, 15) is 0 Å². The molecule has 1 rings (SSSR count). The molecule has 5 heteroatoms. The standard InChI is InChI=1S/C15H28N4O/c1-7-20-9-13-17-11(16)8-12(18-13)19-15(5,6)10-14(2,3)4/h8H,7,9-10H2,1-6H3,(H3,16,17,18,19). The van der Waals surface area contributed by atoms with Gasteiger partial charge >= 0.3 is 0 Å². The third-order valence-electron chi connectivity index (χ3n) is 2.67. The average Bonchev–Trinajstić information content (AvgIpc) is 2.21. The lowest BCUT2D eigenvalue weighted by Crippen LogP contribution is -2.35. The first-order valence-corrected chi connectivity index (χ1v) is 7.11. The van der Waals surface area contributed by atoms with Crippen molar-refractivity contribution in [2.45, 2.75) is 60.1 Å². The summed E-state index contributed by atoms with van der Waals surface area (Å²) in [4.78, 5) is 8.64. The molecular formula is C15H28N4O. The van der Waals surface area contributed by atoms with Crippen LogP contribution in [-0.4, -0.2) is 22.1 Å². The number of hydrogen-bond donors (Lipinski definition) is 2. The Morgan fingerprint density at radius 2 is 1.85 bits per heavy atom. The van der Waals surface area contributed by atoms with Crippen molar-refractivity contribution < 1.29 is 4.74 Å². The maximum atomic E-state index is 5.83. The lowest BCUT2D eigenvalue weighted by molar-refractivity contribution is 0.128. The molecule has 0 atom stereocenters. The molecule has 0 radical (unpaired) electrons. The van der Waals surface area contributed by atoms with Gasteiger partial charge in [-0.1, -0.05) is 20.8 Å². The molecule has 20 heavy (non-hydrogen) atoms. The fourth-order valence-electron chi connectivity index (χ4n) is 2.56. The fourth-order valence-corrected chi connectivity index (χ4v) is 2.56. The van der Waals surface area contributed by atoms with Gasteiger partial charge < -0.3 is 15.8 Å². The van der Waals surface area contributed by atoms with Crippen molar-refractivity contribution in [1.29, 1.82) is 0 Å². The quantitative estimate of drug-likeness (QED) is 0.837. The van der Waals surface area contributed by atoms with Crippen molar-refractivity contribution in [3.05, 3.63) is 11.9 Å². The molecule has 0 aliphatic carbocycles. The Morgan fingerprint density at radius 3 is 2.40 bits per heavy atom. The Bertz CT molecular complexity index is 438. The van der Waals surface area contributed by atoms with Crippen LogP contribution < -0.4 is 11.1 Å². The zero-order valence-electron chi connectivity index (χ0n) is 13.6. The first-order valence-electron chi connectivity index (χ1n) is 7.11. The Kier molecular flexibility index (Phi) is 5.34. The number of nitrogens with two attached hydrogens (primary N) is 1. The normalized spacial score (nSPS) is 12.5.